The molecule has 1 aliphatic heterocycles. The molecule has 0 radical (unpaired) electrons. The molecule has 0 aromatic heterocycles. The molecule has 2 amide bonds. The van der Waals surface area contributed by atoms with Crippen LogP contribution in [0.15, 0.2) is 48.5 Å². The van der Waals surface area contributed by atoms with Gasteiger partial charge in [-0.15, -0.1) is 0 Å². The molecule has 1 atom stereocenters. The summed E-state index contributed by atoms with van der Waals surface area (Å²) >= 11 is 0. The summed E-state index contributed by atoms with van der Waals surface area (Å²) in [6.45, 7) is 1.49. The van der Waals surface area contributed by atoms with Crippen molar-refractivity contribution in [1.29, 1.82) is 0 Å². The van der Waals surface area contributed by atoms with E-state index in [4.69, 9.17) is 9.84 Å². The van der Waals surface area contributed by atoms with Crippen LogP contribution in [0.3, 0.4) is 0 Å². The minimum Gasteiger partial charge on any atom is -0.481 e. The number of amides is 2. The molecule has 0 bridgehead atoms. The Balaban J connectivity index is 1.25. The molecular formula is C27H30N2O5. The molecule has 2 aromatic carbocycles. The average molecular weight is 463 g/mol. The predicted octanol–water partition coefficient (Wildman–Crippen LogP) is 4.16. The number of nitrogens with zero attached hydrogens (tertiary/aromatic N) is 1. The number of carboxylic acid groups (broad SMARTS) is 1. The molecule has 1 unspecified atom stereocenters. The summed E-state index contributed by atoms with van der Waals surface area (Å²) in [5.41, 5.74) is 4.74. The van der Waals surface area contributed by atoms with Crippen LogP contribution in [0.5, 0.6) is 0 Å². The summed E-state index contributed by atoms with van der Waals surface area (Å²) in [4.78, 5) is 38.9. The van der Waals surface area contributed by atoms with E-state index in [1.807, 2.05) is 36.4 Å². The number of fused-ring (bicyclic) bond motifs is 3. The quantitative estimate of drug-likeness (QED) is 0.644. The molecule has 1 heterocycles. The van der Waals surface area contributed by atoms with Gasteiger partial charge in [0.1, 0.15) is 12.6 Å². The van der Waals surface area contributed by atoms with E-state index in [0.29, 0.717) is 13.1 Å². The van der Waals surface area contributed by atoms with Crippen molar-refractivity contribution >= 4 is 18.0 Å². The van der Waals surface area contributed by atoms with Crippen molar-refractivity contribution < 1.29 is 24.2 Å². The van der Waals surface area contributed by atoms with Crippen LogP contribution in [0.1, 0.15) is 55.6 Å². The van der Waals surface area contributed by atoms with Gasteiger partial charge < -0.3 is 20.1 Å². The van der Waals surface area contributed by atoms with E-state index in [0.717, 1.165) is 47.9 Å². The third-order valence-electron chi connectivity index (χ3n) is 7.51. The molecule has 2 aromatic rings. The largest absolute Gasteiger partial charge is 0.481 e. The number of hydrogen-bond acceptors (Lipinski definition) is 4. The second-order valence-electron chi connectivity index (χ2n) is 9.82. The van der Waals surface area contributed by atoms with Gasteiger partial charge in [0.2, 0.25) is 5.91 Å². The summed E-state index contributed by atoms with van der Waals surface area (Å²) in [6.07, 6.45) is 3.51. The second kappa shape index (κ2) is 9.12. The lowest BCUT2D eigenvalue weighted by molar-refractivity contribution is -0.138. The van der Waals surface area contributed by atoms with E-state index < -0.39 is 18.1 Å². The normalized spacial score (nSPS) is 18.6. The minimum absolute atomic E-state index is 0.0435. The van der Waals surface area contributed by atoms with Gasteiger partial charge in [-0.3, -0.25) is 9.59 Å². The van der Waals surface area contributed by atoms with Crippen LogP contribution >= 0.6 is 0 Å². The summed E-state index contributed by atoms with van der Waals surface area (Å²) < 4.78 is 5.60. The van der Waals surface area contributed by atoms with Crippen molar-refractivity contribution in [3.63, 3.8) is 0 Å². The Labute approximate surface area is 199 Å². The fraction of sp³-hybridized carbons (Fsp3) is 0.444. The molecule has 1 spiro atoms. The first kappa shape index (κ1) is 22.4. The lowest BCUT2D eigenvalue weighted by atomic mass is 9.94. The number of carboxylic acids is 1. The van der Waals surface area contributed by atoms with E-state index in [1.165, 1.54) is 0 Å². The molecule has 3 aliphatic rings. The Morgan fingerprint density at radius 3 is 2.29 bits per heavy atom. The number of alkyl carbamates (subject to hydrolysis) is 1. The summed E-state index contributed by atoms with van der Waals surface area (Å²) in [5.74, 6) is -1.28. The Kier molecular flexibility index (Phi) is 6.02. The maximum atomic E-state index is 13.2. The van der Waals surface area contributed by atoms with Crippen molar-refractivity contribution in [2.75, 3.05) is 19.7 Å². The van der Waals surface area contributed by atoms with Crippen LogP contribution in [0.2, 0.25) is 0 Å². The number of benzene rings is 2. The third-order valence-corrected chi connectivity index (χ3v) is 7.51. The van der Waals surface area contributed by atoms with Crippen molar-refractivity contribution in [2.24, 2.45) is 5.41 Å². The van der Waals surface area contributed by atoms with Gasteiger partial charge in [0.05, 0.1) is 0 Å². The molecule has 7 nitrogen and oxygen atoms in total. The molecule has 2 fully saturated rings. The highest BCUT2D eigenvalue weighted by Gasteiger charge is 2.47. The average Bonchev–Trinajstić information content (AvgIpc) is 3.51. The number of carbonyl (C=O) groups excluding carboxylic acids is 2. The van der Waals surface area contributed by atoms with Crippen LogP contribution in [-0.4, -0.2) is 53.7 Å². The molecule has 1 saturated heterocycles. The number of piperidine rings is 1. The predicted molar refractivity (Wildman–Crippen MR) is 126 cm³/mol. The monoisotopic (exact) mass is 462 g/mol. The van der Waals surface area contributed by atoms with Crippen LogP contribution < -0.4 is 5.32 Å². The zero-order chi connectivity index (χ0) is 23.7. The molecule has 7 heteroatoms. The van der Waals surface area contributed by atoms with Crippen molar-refractivity contribution in [2.45, 2.75) is 50.5 Å². The first-order valence-corrected chi connectivity index (χ1v) is 12.1. The maximum absolute atomic E-state index is 13.2. The first-order chi connectivity index (χ1) is 16.5. The maximum Gasteiger partial charge on any atom is 0.407 e. The Morgan fingerprint density at radius 1 is 1.03 bits per heavy atom. The fourth-order valence-corrected chi connectivity index (χ4v) is 5.51. The Morgan fingerprint density at radius 2 is 1.68 bits per heavy atom. The smallest absolute Gasteiger partial charge is 0.407 e. The molecule has 34 heavy (non-hydrogen) atoms. The van der Waals surface area contributed by atoms with Gasteiger partial charge in [0.25, 0.3) is 0 Å². The number of aliphatic carboxylic acids is 1. The highest BCUT2D eigenvalue weighted by molar-refractivity contribution is 5.86. The molecule has 2 aliphatic carbocycles. The zero-order valence-corrected chi connectivity index (χ0v) is 19.2. The standard InChI is InChI=1S/C27H30N2O5/c30-24(31)11-10-23(25(32)29-15-5-12-27(17-29)13-14-27)28-26(33)34-16-22-20-8-3-1-6-18(20)19-7-2-4-9-21(19)22/h1-4,6-9,22-23H,5,10-17H2,(H,28,33)(H,30,31). The summed E-state index contributed by atoms with van der Waals surface area (Å²) in [7, 11) is 0. The minimum atomic E-state index is -0.996. The first-order valence-electron chi connectivity index (χ1n) is 12.1. The highest BCUT2D eigenvalue weighted by atomic mass is 16.5. The van der Waals surface area contributed by atoms with Gasteiger partial charge in [-0.05, 0) is 59.8 Å². The van der Waals surface area contributed by atoms with Gasteiger partial charge in [-0.25, -0.2) is 4.79 Å². The molecular weight excluding hydrogens is 432 g/mol. The van der Waals surface area contributed by atoms with Gasteiger partial charge in [-0.1, -0.05) is 48.5 Å². The van der Waals surface area contributed by atoms with E-state index in [9.17, 15) is 14.4 Å². The lowest BCUT2D eigenvalue weighted by Gasteiger charge is -2.35. The van der Waals surface area contributed by atoms with Gasteiger partial charge >= 0.3 is 12.1 Å². The number of ether oxygens (including phenoxy) is 1. The van der Waals surface area contributed by atoms with Gasteiger partial charge in [0, 0.05) is 25.4 Å². The molecule has 2 N–H and O–H groups in total. The van der Waals surface area contributed by atoms with Crippen LogP contribution in [0.25, 0.3) is 11.1 Å². The van der Waals surface area contributed by atoms with Gasteiger partial charge in [-0.2, -0.15) is 0 Å². The number of hydrogen-bond donors (Lipinski definition) is 2. The van der Waals surface area contributed by atoms with Crippen molar-refractivity contribution in [3.8, 4) is 11.1 Å². The van der Waals surface area contributed by atoms with Crippen LogP contribution in [0.4, 0.5) is 4.79 Å². The van der Waals surface area contributed by atoms with E-state index >= 15 is 0 Å². The van der Waals surface area contributed by atoms with Crippen molar-refractivity contribution in [1.82, 2.24) is 10.2 Å². The topological polar surface area (TPSA) is 95.9 Å². The Hall–Kier alpha value is -3.35. The number of nitrogens with one attached hydrogen (secondary N) is 1. The van der Waals surface area contributed by atoms with E-state index in [2.05, 4.69) is 17.4 Å². The zero-order valence-electron chi connectivity index (χ0n) is 19.2. The van der Waals surface area contributed by atoms with Crippen LogP contribution in [-0.2, 0) is 14.3 Å². The number of likely N-dealkylation sites (tertiary alicyclic amines) is 1. The second-order valence-corrected chi connectivity index (χ2v) is 9.82. The number of rotatable bonds is 7. The van der Waals surface area contributed by atoms with E-state index in [-0.39, 0.29) is 36.7 Å². The third kappa shape index (κ3) is 4.52. The lowest BCUT2D eigenvalue weighted by Crippen LogP contribution is -2.52. The number of carbonyl (C=O) groups is 3. The SMILES string of the molecule is O=C(O)CCC(NC(=O)OCC1c2ccccc2-c2ccccc21)C(=O)N1CCCC2(CC2)C1. The summed E-state index contributed by atoms with van der Waals surface area (Å²) in [6, 6.07) is 15.3. The van der Waals surface area contributed by atoms with Crippen LogP contribution in [0, 0.1) is 5.41 Å². The van der Waals surface area contributed by atoms with Crippen molar-refractivity contribution in [3.05, 3.63) is 59.7 Å². The van der Waals surface area contributed by atoms with Gasteiger partial charge in [0.15, 0.2) is 0 Å². The van der Waals surface area contributed by atoms with E-state index in [1.54, 1.807) is 4.90 Å². The summed E-state index contributed by atoms with van der Waals surface area (Å²) in [5, 5.41) is 11.8. The highest BCUT2D eigenvalue weighted by Crippen LogP contribution is 2.52. The fourth-order valence-electron chi connectivity index (χ4n) is 5.51. The molecule has 178 valence electrons. The molecule has 5 rings (SSSR count). The molecule has 1 saturated carbocycles. The Bertz CT molecular complexity index is 1060.